The molecule has 1 aromatic carbocycles. The van der Waals surface area contributed by atoms with Crippen molar-refractivity contribution in [2.24, 2.45) is 29.6 Å². The molecule has 8 unspecified atom stereocenters. The van der Waals surface area contributed by atoms with Crippen molar-refractivity contribution in [1.82, 2.24) is 31.4 Å². The number of amides is 6. The zero-order chi connectivity index (χ0) is 44.3. The molecule has 17 heteroatoms. The van der Waals surface area contributed by atoms with Gasteiger partial charge < -0.3 is 35.0 Å². The number of aliphatic hydroxyl groups excluding tert-OH is 1. The average molecular weight is 857 g/mol. The quantitative estimate of drug-likeness (QED) is 0.126. The standard InChI is InChI=1S/C44H68N6O11/c1-29(51)38-44(57)50(3)24-18-11-7-5-9-16-22-33(40(53)46-38)37(42(55)48-59)36(41(54)47-58)32-21-15-8-4-6-10-17-23-49(2)43(56)34(45-39(32)52)26-31(35-27-60-28-61-35)25-30-19-13-12-14-20-30/h12-14,19-20,27,29,31-34,36-38,51,58-59H,4-11,15-18,21-26,28H2,1-3H3,(H,45,52)(H,46,53)(H,47,54)(H,48,55). The van der Waals surface area contributed by atoms with Crippen LogP contribution < -0.4 is 21.6 Å². The summed E-state index contributed by atoms with van der Waals surface area (Å²) in [6.07, 6.45) is 9.44. The van der Waals surface area contributed by atoms with Gasteiger partial charge in [-0.2, -0.15) is 0 Å². The molecule has 4 rings (SSSR count). The second-order valence-corrected chi connectivity index (χ2v) is 16.9. The van der Waals surface area contributed by atoms with Gasteiger partial charge in [0.25, 0.3) is 0 Å². The summed E-state index contributed by atoms with van der Waals surface area (Å²) in [6.45, 7) is 2.20. The number of hydrogen-bond donors (Lipinski definition) is 7. The lowest BCUT2D eigenvalue weighted by molar-refractivity contribution is -0.155. The molecule has 0 aliphatic carbocycles. The summed E-state index contributed by atoms with van der Waals surface area (Å²) in [4.78, 5) is 88.4. The minimum atomic E-state index is -1.75. The second kappa shape index (κ2) is 25.3. The third-order valence-electron chi connectivity index (χ3n) is 12.4. The number of benzene rings is 1. The highest BCUT2D eigenvalue weighted by molar-refractivity contribution is 5.97. The van der Waals surface area contributed by atoms with Crippen LogP contribution in [0.5, 0.6) is 0 Å². The van der Waals surface area contributed by atoms with E-state index < -0.39 is 77.3 Å². The van der Waals surface area contributed by atoms with Crippen molar-refractivity contribution in [2.75, 3.05) is 34.0 Å². The van der Waals surface area contributed by atoms with Gasteiger partial charge in [-0.05, 0) is 51.0 Å². The third kappa shape index (κ3) is 14.4. The van der Waals surface area contributed by atoms with Gasteiger partial charge in [0.2, 0.25) is 42.2 Å². The fourth-order valence-corrected chi connectivity index (χ4v) is 8.95. The highest BCUT2D eigenvalue weighted by atomic mass is 16.7. The molecule has 0 bridgehead atoms. The number of nitrogens with one attached hydrogen (secondary N) is 4. The molecule has 1 aromatic rings. The average Bonchev–Trinajstić information content (AvgIpc) is 3.80. The van der Waals surface area contributed by atoms with Crippen LogP contribution in [0.3, 0.4) is 0 Å². The molecule has 61 heavy (non-hydrogen) atoms. The Labute approximate surface area is 359 Å². The largest absolute Gasteiger partial charge is 0.462 e. The number of nitrogens with zero attached hydrogens (tertiary/aromatic N) is 2. The molecule has 3 aliphatic heterocycles. The molecule has 340 valence electrons. The SMILES string of the molecule is CC(O)C1NC(=O)C(C(C(=O)NO)C(C(=O)NO)C2CCCCCCCCN(C)C(=O)C(CC(Cc3ccccc3)C3=COCO3)NC2=O)CCCCCCCCN(C)C1=O. The minimum Gasteiger partial charge on any atom is -0.462 e. The number of hydroxylamine groups is 2. The van der Waals surface area contributed by atoms with Gasteiger partial charge in [-0.1, -0.05) is 94.5 Å². The number of ether oxygens (including phenoxy) is 2. The molecule has 17 nitrogen and oxygen atoms in total. The fourth-order valence-electron chi connectivity index (χ4n) is 8.95. The van der Waals surface area contributed by atoms with E-state index in [1.165, 1.54) is 18.1 Å². The molecule has 2 fully saturated rings. The van der Waals surface area contributed by atoms with Gasteiger partial charge in [0.15, 0.2) is 0 Å². The molecule has 3 aliphatic rings. The number of likely N-dealkylation sites (N-methyl/N-ethyl adjacent to an activating group) is 2. The summed E-state index contributed by atoms with van der Waals surface area (Å²) < 4.78 is 11.2. The first-order valence-corrected chi connectivity index (χ1v) is 22.0. The molecule has 8 atom stereocenters. The van der Waals surface area contributed by atoms with Crippen molar-refractivity contribution in [3.8, 4) is 0 Å². The van der Waals surface area contributed by atoms with Crippen molar-refractivity contribution in [3.05, 3.63) is 47.9 Å². The zero-order valence-corrected chi connectivity index (χ0v) is 36.0. The van der Waals surface area contributed by atoms with Crippen LogP contribution in [0.1, 0.15) is 109 Å². The van der Waals surface area contributed by atoms with Crippen molar-refractivity contribution >= 4 is 35.4 Å². The number of rotatable bonds is 11. The molecule has 3 heterocycles. The summed E-state index contributed by atoms with van der Waals surface area (Å²) >= 11 is 0. The first kappa shape index (κ1) is 48.9. The molecular formula is C44H68N6O11. The highest BCUT2D eigenvalue weighted by Crippen LogP contribution is 2.36. The monoisotopic (exact) mass is 856 g/mol. The van der Waals surface area contributed by atoms with Gasteiger partial charge in [0.05, 0.1) is 29.8 Å². The van der Waals surface area contributed by atoms with Crippen LogP contribution in [0, 0.1) is 29.6 Å². The lowest BCUT2D eigenvalue weighted by Gasteiger charge is -2.36. The summed E-state index contributed by atoms with van der Waals surface area (Å²) in [5.74, 6) is -11.1. The van der Waals surface area contributed by atoms with Crippen LogP contribution in [-0.4, -0.2) is 113 Å². The first-order chi connectivity index (χ1) is 29.4. The van der Waals surface area contributed by atoms with Gasteiger partial charge >= 0.3 is 0 Å². The zero-order valence-electron chi connectivity index (χ0n) is 36.0. The maximum Gasteiger partial charge on any atom is 0.248 e. The highest BCUT2D eigenvalue weighted by Gasteiger charge is 2.49. The number of aliphatic hydroxyl groups is 1. The molecular weight excluding hydrogens is 789 g/mol. The van der Waals surface area contributed by atoms with Gasteiger partial charge in [-0.25, -0.2) is 11.0 Å². The second-order valence-electron chi connectivity index (χ2n) is 16.9. The van der Waals surface area contributed by atoms with Crippen molar-refractivity contribution in [3.63, 3.8) is 0 Å². The van der Waals surface area contributed by atoms with Gasteiger partial charge in [0.1, 0.15) is 24.1 Å². The Morgan fingerprint density at radius 3 is 1.72 bits per heavy atom. The van der Waals surface area contributed by atoms with E-state index in [0.29, 0.717) is 51.0 Å². The van der Waals surface area contributed by atoms with E-state index in [1.807, 2.05) is 30.3 Å². The van der Waals surface area contributed by atoms with E-state index in [-0.39, 0.29) is 32.0 Å². The van der Waals surface area contributed by atoms with Crippen LogP contribution in [0.25, 0.3) is 0 Å². The Morgan fingerprint density at radius 1 is 0.738 bits per heavy atom. The first-order valence-electron chi connectivity index (χ1n) is 22.0. The summed E-state index contributed by atoms with van der Waals surface area (Å²) in [6, 6.07) is 7.04. The molecule has 6 amide bonds. The van der Waals surface area contributed by atoms with Gasteiger partial charge in [-0.15, -0.1) is 0 Å². The maximum absolute atomic E-state index is 15.0. The third-order valence-corrected chi connectivity index (χ3v) is 12.4. The predicted octanol–water partition coefficient (Wildman–Crippen LogP) is 3.31. The number of allylic oxidation sites excluding steroid dienone is 1. The number of carbonyl (C=O) groups excluding carboxylic acids is 6. The predicted molar refractivity (Wildman–Crippen MR) is 223 cm³/mol. The van der Waals surface area contributed by atoms with Crippen LogP contribution in [-0.2, 0) is 44.7 Å². The summed E-state index contributed by atoms with van der Waals surface area (Å²) in [5.41, 5.74) is 4.19. The smallest absolute Gasteiger partial charge is 0.248 e. The Morgan fingerprint density at radius 2 is 1.23 bits per heavy atom. The van der Waals surface area contributed by atoms with Crippen LogP contribution in [0.4, 0.5) is 0 Å². The maximum atomic E-state index is 15.0. The Hall–Kier alpha value is -4.74. The van der Waals surface area contributed by atoms with E-state index in [4.69, 9.17) is 9.47 Å². The van der Waals surface area contributed by atoms with Gasteiger partial charge in [-0.3, -0.25) is 39.2 Å². The van der Waals surface area contributed by atoms with E-state index in [9.17, 15) is 44.3 Å². The molecule has 0 radical (unpaired) electrons. The van der Waals surface area contributed by atoms with E-state index in [1.54, 1.807) is 30.0 Å². The van der Waals surface area contributed by atoms with E-state index in [2.05, 4.69) is 10.6 Å². The Kier molecular flexibility index (Phi) is 20.3. The van der Waals surface area contributed by atoms with Crippen LogP contribution in [0.2, 0.25) is 0 Å². The lowest BCUT2D eigenvalue weighted by atomic mass is 9.70. The van der Waals surface area contributed by atoms with Crippen molar-refractivity contribution in [1.29, 1.82) is 0 Å². The topological polar surface area (TPSA) is 236 Å². The number of carbonyl (C=O) groups is 6. The molecule has 2 saturated heterocycles. The van der Waals surface area contributed by atoms with Crippen LogP contribution >= 0.6 is 0 Å². The molecule has 0 aromatic heterocycles. The van der Waals surface area contributed by atoms with Gasteiger partial charge in [0, 0.05) is 33.1 Å². The van der Waals surface area contributed by atoms with E-state index in [0.717, 1.165) is 56.9 Å². The van der Waals surface area contributed by atoms with Crippen LogP contribution in [0.15, 0.2) is 42.4 Å². The van der Waals surface area contributed by atoms with Crippen molar-refractivity contribution in [2.45, 2.75) is 128 Å². The summed E-state index contributed by atoms with van der Waals surface area (Å²) in [5, 5.41) is 36.8. The molecule has 0 spiro atoms. The Bertz CT molecular complexity index is 1630. The normalized spacial score (nSPS) is 25.4. The molecule has 7 N–H and O–H groups in total. The fraction of sp³-hybridized carbons (Fsp3) is 0.682. The number of hydrogen-bond acceptors (Lipinski definition) is 11. The minimum absolute atomic E-state index is 0.00258. The van der Waals surface area contributed by atoms with E-state index >= 15 is 0 Å². The summed E-state index contributed by atoms with van der Waals surface area (Å²) in [7, 11) is 3.25. The lowest BCUT2D eigenvalue weighted by Crippen LogP contribution is -2.58. The Balaban J connectivity index is 1.80. The molecule has 0 saturated carbocycles. The van der Waals surface area contributed by atoms with Crippen molar-refractivity contribution < 1.29 is 53.8 Å².